The number of rotatable bonds is 3. The topological polar surface area (TPSA) is 33.1 Å². The molecule has 3 rings (SSSR count). The van der Waals surface area contributed by atoms with Gasteiger partial charge < -0.3 is 10.2 Å². The highest BCUT2D eigenvalue weighted by Gasteiger charge is 2.34. The Kier molecular flexibility index (Phi) is 4.73. The van der Waals surface area contributed by atoms with E-state index in [0.29, 0.717) is 5.92 Å². The minimum Gasteiger partial charge on any atom is -0.317 e. The van der Waals surface area contributed by atoms with E-state index in [4.69, 9.17) is 0 Å². The molecular formula is C15H23F3N4. The van der Waals surface area contributed by atoms with Crippen molar-refractivity contribution >= 4 is 0 Å². The van der Waals surface area contributed by atoms with E-state index in [1.165, 1.54) is 23.7 Å². The van der Waals surface area contributed by atoms with Gasteiger partial charge >= 0.3 is 6.18 Å². The SMILES string of the molecule is FC(F)(F)c1ccn(C2CCCN(CC3CCNCC3)C2)n1. The third kappa shape index (κ3) is 3.81. The van der Waals surface area contributed by atoms with Crippen LogP contribution in [-0.4, -0.2) is 47.4 Å². The van der Waals surface area contributed by atoms with Gasteiger partial charge in [-0.15, -0.1) is 0 Å². The molecule has 2 saturated heterocycles. The van der Waals surface area contributed by atoms with Crippen molar-refractivity contribution in [2.45, 2.75) is 37.9 Å². The number of nitrogens with one attached hydrogen (secondary N) is 1. The second-order valence-electron chi connectivity index (χ2n) is 6.43. The average Bonchev–Trinajstić information content (AvgIpc) is 2.99. The first kappa shape index (κ1) is 15.8. The molecule has 1 unspecified atom stereocenters. The van der Waals surface area contributed by atoms with Crippen LogP contribution in [0, 0.1) is 5.92 Å². The Hall–Kier alpha value is -1.08. The van der Waals surface area contributed by atoms with Gasteiger partial charge in [0.15, 0.2) is 5.69 Å². The summed E-state index contributed by atoms with van der Waals surface area (Å²) in [6, 6.07) is 1.14. The number of aromatic nitrogens is 2. The smallest absolute Gasteiger partial charge is 0.317 e. The molecule has 1 aromatic heterocycles. The number of halogens is 3. The predicted octanol–water partition coefficient (Wildman–Crippen LogP) is 2.54. The summed E-state index contributed by atoms with van der Waals surface area (Å²) in [7, 11) is 0. The Bertz CT molecular complexity index is 479. The predicted molar refractivity (Wildman–Crippen MR) is 77.5 cm³/mol. The third-order valence-electron chi connectivity index (χ3n) is 4.73. The first-order valence-corrected chi connectivity index (χ1v) is 8.08. The molecule has 1 N–H and O–H groups in total. The second-order valence-corrected chi connectivity index (χ2v) is 6.43. The van der Waals surface area contributed by atoms with Crippen LogP contribution >= 0.6 is 0 Å². The van der Waals surface area contributed by atoms with Crippen LogP contribution < -0.4 is 5.32 Å². The lowest BCUT2D eigenvalue weighted by Crippen LogP contribution is -2.42. The van der Waals surface area contributed by atoms with Gasteiger partial charge in [0.05, 0.1) is 6.04 Å². The largest absolute Gasteiger partial charge is 0.435 e. The highest BCUT2D eigenvalue weighted by molar-refractivity contribution is 5.04. The van der Waals surface area contributed by atoms with Crippen LogP contribution in [0.4, 0.5) is 13.2 Å². The van der Waals surface area contributed by atoms with Gasteiger partial charge in [0.2, 0.25) is 0 Å². The normalized spacial score (nSPS) is 25.5. The molecule has 0 radical (unpaired) electrons. The molecule has 0 amide bonds. The Labute approximate surface area is 128 Å². The fourth-order valence-electron chi connectivity index (χ4n) is 3.53. The maximum atomic E-state index is 12.7. The number of hydrogen-bond acceptors (Lipinski definition) is 3. The highest BCUT2D eigenvalue weighted by Crippen LogP contribution is 2.29. The van der Waals surface area contributed by atoms with E-state index < -0.39 is 11.9 Å². The van der Waals surface area contributed by atoms with Gasteiger partial charge in [0, 0.05) is 19.3 Å². The second kappa shape index (κ2) is 6.58. The summed E-state index contributed by atoms with van der Waals surface area (Å²) in [6.45, 7) is 5.08. The van der Waals surface area contributed by atoms with Crippen LogP contribution in [0.15, 0.2) is 12.3 Å². The van der Waals surface area contributed by atoms with E-state index in [-0.39, 0.29) is 6.04 Å². The third-order valence-corrected chi connectivity index (χ3v) is 4.73. The first-order valence-electron chi connectivity index (χ1n) is 8.08. The van der Waals surface area contributed by atoms with Gasteiger partial charge in [-0.25, -0.2) is 0 Å². The molecule has 1 atom stereocenters. The van der Waals surface area contributed by atoms with Crippen molar-refractivity contribution in [1.29, 1.82) is 0 Å². The summed E-state index contributed by atoms with van der Waals surface area (Å²) >= 11 is 0. The van der Waals surface area contributed by atoms with Crippen molar-refractivity contribution in [3.8, 4) is 0 Å². The van der Waals surface area contributed by atoms with Crippen LogP contribution in [0.5, 0.6) is 0 Å². The van der Waals surface area contributed by atoms with Crippen LogP contribution in [0.25, 0.3) is 0 Å². The Morgan fingerprint density at radius 1 is 1.23 bits per heavy atom. The molecular weight excluding hydrogens is 293 g/mol. The minimum absolute atomic E-state index is 0.0616. The molecule has 0 saturated carbocycles. The number of alkyl halides is 3. The van der Waals surface area contributed by atoms with E-state index >= 15 is 0 Å². The average molecular weight is 316 g/mol. The van der Waals surface area contributed by atoms with Gasteiger partial charge in [-0.05, 0) is 57.3 Å². The summed E-state index contributed by atoms with van der Waals surface area (Å²) < 4.78 is 39.5. The Balaban J connectivity index is 1.59. The summed E-state index contributed by atoms with van der Waals surface area (Å²) in [5, 5.41) is 7.11. The summed E-state index contributed by atoms with van der Waals surface area (Å²) in [5.41, 5.74) is -0.789. The molecule has 0 aliphatic carbocycles. The quantitative estimate of drug-likeness (QED) is 0.930. The molecule has 2 fully saturated rings. The summed E-state index contributed by atoms with van der Waals surface area (Å²) in [6.07, 6.45) is 1.44. The lowest BCUT2D eigenvalue weighted by atomic mass is 9.96. The fraction of sp³-hybridized carbons (Fsp3) is 0.800. The minimum atomic E-state index is -4.35. The van der Waals surface area contributed by atoms with E-state index in [1.807, 2.05) is 0 Å². The maximum absolute atomic E-state index is 12.7. The molecule has 2 aliphatic rings. The maximum Gasteiger partial charge on any atom is 0.435 e. The molecule has 124 valence electrons. The van der Waals surface area contributed by atoms with Crippen LogP contribution in [0.1, 0.15) is 37.4 Å². The van der Waals surface area contributed by atoms with Crippen molar-refractivity contribution in [1.82, 2.24) is 20.0 Å². The van der Waals surface area contributed by atoms with E-state index in [9.17, 15) is 13.2 Å². The van der Waals surface area contributed by atoms with Gasteiger partial charge in [-0.1, -0.05) is 0 Å². The molecule has 0 bridgehead atoms. The van der Waals surface area contributed by atoms with Crippen molar-refractivity contribution in [2.75, 3.05) is 32.7 Å². The molecule has 7 heteroatoms. The van der Waals surface area contributed by atoms with Gasteiger partial charge in [0.1, 0.15) is 0 Å². The number of piperidine rings is 2. The van der Waals surface area contributed by atoms with E-state index in [2.05, 4.69) is 15.3 Å². The zero-order chi connectivity index (χ0) is 15.6. The van der Waals surface area contributed by atoms with Crippen LogP contribution in [0.2, 0.25) is 0 Å². The molecule has 4 nitrogen and oxygen atoms in total. The number of hydrogen-bond donors (Lipinski definition) is 1. The van der Waals surface area contributed by atoms with E-state index in [1.54, 1.807) is 0 Å². The van der Waals surface area contributed by atoms with Gasteiger partial charge in [-0.3, -0.25) is 4.68 Å². The fourth-order valence-corrected chi connectivity index (χ4v) is 3.53. The first-order chi connectivity index (χ1) is 10.5. The molecule has 1 aromatic rings. The number of nitrogens with zero attached hydrogens (tertiary/aromatic N) is 3. The summed E-state index contributed by atoms with van der Waals surface area (Å²) in [5.74, 6) is 0.711. The van der Waals surface area contributed by atoms with Crippen molar-refractivity contribution in [2.24, 2.45) is 5.92 Å². The van der Waals surface area contributed by atoms with Gasteiger partial charge in [0.25, 0.3) is 0 Å². The molecule has 0 spiro atoms. The zero-order valence-corrected chi connectivity index (χ0v) is 12.6. The Morgan fingerprint density at radius 3 is 2.68 bits per heavy atom. The zero-order valence-electron chi connectivity index (χ0n) is 12.6. The van der Waals surface area contributed by atoms with Gasteiger partial charge in [-0.2, -0.15) is 18.3 Å². The number of likely N-dealkylation sites (tertiary alicyclic amines) is 1. The lowest BCUT2D eigenvalue weighted by molar-refractivity contribution is -0.141. The van der Waals surface area contributed by atoms with Crippen molar-refractivity contribution in [3.05, 3.63) is 18.0 Å². The molecule has 3 heterocycles. The van der Waals surface area contributed by atoms with Crippen LogP contribution in [-0.2, 0) is 6.18 Å². The Morgan fingerprint density at radius 2 is 2.00 bits per heavy atom. The molecule has 22 heavy (non-hydrogen) atoms. The standard InChI is InChI=1S/C15H23F3N4/c16-15(17,18)14-5-9-22(20-14)13-2-1-8-21(11-13)10-12-3-6-19-7-4-12/h5,9,12-13,19H,1-4,6-8,10-11H2. The highest BCUT2D eigenvalue weighted by atomic mass is 19.4. The lowest BCUT2D eigenvalue weighted by Gasteiger charge is -2.36. The molecule has 2 aliphatic heterocycles. The monoisotopic (exact) mass is 316 g/mol. The van der Waals surface area contributed by atoms with Crippen LogP contribution in [0.3, 0.4) is 0 Å². The van der Waals surface area contributed by atoms with Crippen molar-refractivity contribution in [3.63, 3.8) is 0 Å². The molecule has 0 aromatic carbocycles. The van der Waals surface area contributed by atoms with E-state index in [0.717, 1.165) is 51.6 Å². The van der Waals surface area contributed by atoms with Crippen molar-refractivity contribution < 1.29 is 13.2 Å². The summed E-state index contributed by atoms with van der Waals surface area (Å²) in [4.78, 5) is 2.40.